The Morgan fingerprint density at radius 2 is 1.74 bits per heavy atom. The van der Waals surface area contributed by atoms with Crippen LogP contribution in [0.4, 0.5) is 0 Å². The van der Waals surface area contributed by atoms with Crippen LogP contribution in [0.2, 0.25) is 5.02 Å². The molecule has 3 rings (SSSR count). The molecule has 0 unspecified atom stereocenters. The highest BCUT2D eigenvalue weighted by Gasteiger charge is 2.47. The number of carbonyl (C=O) groups excluding carboxylic acids is 2. The van der Waals surface area contributed by atoms with Crippen LogP contribution in [0.3, 0.4) is 0 Å². The minimum absolute atomic E-state index is 0.119. The Hall–Kier alpha value is -2.75. The Morgan fingerprint density at radius 1 is 1.09 bits per heavy atom. The monoisotopic (exact) mass is 326 g/mol. The number of amides is 2. The average molecular weight is 327 g/mol. The first-order valence-electron chi connectivity index (χ1n) is 6.98. The summed E-state index contributed by atoms with van der Waals surface area (Å²) >= 11 is 5.92. The van der Waals surface area contributed by atoms with E-state index in [0.717, 1.165) is 5.56 Å². The Morgan fingerprint density at radius 3 is 2.35 bits per heavy atom. The zero-order valence-corrected chi connectivity index (χ0v) is 12.7. The van der Waals surface area contributed by atoms with Crippen molar-refractivity contribution in [2.75, 3.05) is 0 Å². The van der Waals surface area contributed by atoms with E-state index in [1.807, 2.05) is 6.07 Å². The van der Waals surface area contributed by atoms with Gasteiger partial charge in [-0.25, -0.2) is 0 Å². The summed E-state index contributed by atoms with van der Waals surface area (Å²) in [5, 5.41) is 10.3. The first-order valence-corrected chi connectivity index (χ1v) is 7.35. The van der Waals surface area contributed by atoms with Crippen molar-refractivity contribution in [2.24, 2.45) is 0 Å². The molecule has 5 nitrogen and oxygen atoms in total. The molecule has 2 amide bonds. The van der Waals surface area contributed by atoms with E-state index in [0.29, 0.717) is 5.02 Å². The summed E-state index contributed by atoms with van der Waals surface area (Å²) in [7, 11) is 0. The smallest absolute Gasteiger partial charge is 0.286 e. The summed E-state index contributed by atoms with van der Waals surface area (Å²) in [5.74, 6) is 0.597. The lowest BCUT2D eigenvalue weighted by Crippen LogP contribution is -2.57. The molecule has 0 spiro atoms. The van der Waals surface area contributed by atoms with Crippen LogP contribution in [0.25, 0.3) is 0 Å². The number of rotatable bonds is 2. The van der Waals surface area contributed by atoms with Crippen LogP contribution in [-0.4, -0.2) is 17.7 Å². The topological polar surface area (TPSA) is 73.9 Å². The van der Waals surface area contributed by atoms with E-state index >= 15 is 0 Å². The number of nitrogens with zero attached hydrogens (tertiary/aromatic N) is 1. The van der Waals surface area contributed by atoms with Gasteiger partial charge in [-0.15, -0.1) is 0 Å². The van der Waals surface area contributed by atoms with Crippen molar-refractivity contribution in [3.05, 3.63) is 71.0 Å². The first kappa shape index (κ1) is 15.2. The lowest BCUT2D eigenvalue weighted by molar-refractivity contribution is -0.711. The van der Waals surface area contributed by atoms with E-state index in [1.165, 1.54) is 0 Å². The van der Waals surface area contributed by atoms with Crippen LogP contribution in [0.1, 0.15) is 17.5 Å². The van der Waals surface area contributed by atoms with E-state index < -0.39 is 23.8 Å². The highest BCUT2D eigenvalue weighted by Crippen LogP contribution is 2.35. The number of nitrogens with one attached hydrogen (secondary N) is 2. The molecule has 1 aliphatic heterocycles. The molecule has 1 saturated heterocycles. The SMILES string of the molecule is N=C=C1C(=O)NC(=O)[C@@H]([n+]2ccccc2)[C@@H]1c1ccc(Cl)cc1. The Balaban J connectivity index is 2.17. The zero-order valence-electron chi connectivity index (χ0n) is 12.0. The number of hydrogen-bond donors (Lipinski definition) is 2. The van der Waals surface area contributed by atoms with Gasteiger partial charge in [-0.1, -0.05) is 29.8 Å². The van der Waals surface area contributed by atoms with Gasteiger partial charge in [0.25, 0.3) is 11.8 Å². The van der Waals surface area contributed by atoms with Crippen molar-refractivity contribution < 1.29 is 14.2 Å². The van der Waals surface area contributed by atoms with Crippen molar-refractivity contribution in [1.29, 1.82) is 5.41 Å². The second kappa shape index (κ2) is 6.16. The fourth-order valence-electron chi connectivity index (χ4n) is 2.76. The standard InChI is InChI=1S/C17H12ClN3O2/c18-12-6-4-11(5-7-12)14-13(10-19)16(22)20-17(23)15(14)21-8-2-1-3-9-21/h1-9,14-15,19H/p+1/t14-,15+/m1/s1. The van der Waals surface area contributed by atoms with Crippen LogP contribution in [-0.2, 0) is 9.59 Å². The minimum atomic E-state index is -0.678. The van der Waals surface area contributed by atoms with E-state index in [9.17, 15) is 9.59 Å². The third kappa shape index (κ3) is 2.80. The van der Waals surface area contributed by atoms with E-state index in [2.05, 4.69) is 11.2 Å². The van der Waals surface area contributed by atoms with Gasteiger partial charge in [-0.3, -0.25) is 20.3 Å². The number of piperidine rings is 1. The zero-order chi connectivity index (χ0) is 16.4. The van der Waals surface area contributed by atoms with Gasteiger partial charge in [0.05, 0.1) is 11.5 Å². The molecular formula is C17H13ClN3O2+. The number of imide groups is 1. The van der Waals surface area contributed by atoms with Gasteiger partial charge in [0, 0.05) is 17.2 Å². The fraction of sp³-hybridized carbons (Fsp3) is 0.118. The number of pyridine rings is 1. The van der Waals surface area contributed by atoms with Crippen molar-refractivity contribution >= 4 is 29.3 Å². The predicted octanol–water partition coefficient (Wildman–Crippen LogP) is 1.78. The molecular weight excluding hydrogens is 314 g/mol. The van der Waals surface area contributed by atoms with E-state index in [4.69, 9.17) is 17.0 Å². The second-order valence-corrected chi connectivity index (χ2v) is 5.59. The molecule has 2 N–H and O–H groups in total. The molecule has 2 aromatic rings. The van der Waals surface area contributed by atoms with Gasteiger partial charge in [-0.2, -0.15) is 4.57 Å². The predicted molar refractivity (Wildman–Crippen MR) is 84.3 cm³/mol. The summed E-state index contributed by atoms with van der Waals surface area (Å²) in [5.41, 5.74) is 0.849. The summed E-state index contributed by atoms with van der Waals surface area (Å²) in [4.78, 5) is 24.5. The average Bonchev–Trinajstić information content (AvgIpc) is 2.56. The lowest BCUT2D eigenvalue weighted by Gasteiger charge is -2.27. The van der Waals surface area contributed by atoms with Crippen molar-refractivity contribution in [3.8, 4) is 0 Å². The fourth-order valence-corrected chi connectivity index (χ4v) is 2.89. The molecule has 1 aromatic carbocycles. The highest BCUT2D eigenvalue weighted by atomic mass is 35.5. The molecule has 114 valence electrons. The maximum Gasteiger partial charge on any atom is 0.296 e. The van der Waals surface area contributed by atoms with Crippen LogP contribution in [0.5, 0.6) is 0 Å². The number of benzene rings is 1. The third-order valence-corrected chi connectivity index (χ3v) is 4.05. The molecule has 2 atom stereocenters. The molecule has 23 heavy (non-hydrogen) atoms. The molecule has 0 aliphatic carbocycles. The van der Waals surface area contributed by atoms with Crippen LogP contribution >= 0.6 is 11.6 Å². The van der Waals surface area contributed by atoms with E-state index in [-0.39, 0.29) is 5.57 Å². The number of carbonyl (C=O) groups is 2. The first-order chi connectivity index (χ1) is 11.1. The Labute approximate surface area is 137 Å². The van der Waals surface area contributed by atoms with Crippen LogP contribution in [0, 0.1) is 5.41 Å². The minimum Gasteiger partial charge on any atom is -0.286 e. The summed E-state index contributed by atoms with van der Waals surface area (Å²) in [6.07, 6.45) is 3.51. The summed E-state index contributed by atoms with van der Waals surface area (Å²) in [6, 6.07) is 11.7. The molecule has 0 saturated carbocycles. The maximum atomic E-state index is 12.4. The summed E-state index contributed by atoms with van der Waals surface area (Å²) in [6.45, 7) is 0. The molecule has 0 bridgehead atoms. The normalized spacial score (nSPS) is 20.8. The number of aromatic nitrogens is 1. The lowest BCUT2D eigenvalue weighted by atomic mass is 9.81. The van der Waals surface area contributed by atoms with Gasteiger partial charge in [-0.05, 0) is 23.6 Å². The van der Waals surface area contributed by atoms with Gasteiger partial charge < -0.3 is 0 Å². The quantitative estimate of drug-likeness (QED) is 0.382. The Kier molecular flexibility index (Phi) is 4.06. The van der Waals surface area contributed by atoms with Crippen LogP contribution in [0.15, 0.2) is 60.4 Å². The third-order valence-electron chi connectivity index (χ3n) is 3.80. The molecule has 1 aromatic heterocycles. The van der Waals surface area contributed by atoms with Gasteiger partial charge in [0.1, 0.15) is 0 Å². The number of hydrogen-bond acceptors (Lipinski definition) is 3. The molecule has 1 aliphatic rings. The molecule has 6 heteroatoms. The van der Waals surface area contributed by atoms with Crippen molar-refractivity contribution in [3.63, 3.8) is 0 Å². The van der Waals surface area contributed by atoms with Gasteiger partial charge >= 0.3 is 0 Å². The highest BCUT2D eigenvalue weighted by molar-refractivity contribution is 6.30. The second-order valence-electron chi connectivity index (χ2n) is 5.15. The van der Waals surface area contributed by atoms with Crippen LogP contribution < -0.4 is 9.88 Å². The van der Waals surface area contributed by atoms with Gasteiger partial charge in [0.15, 0.2) is 12.4 Å². The summed E-state index contributed by atoms with van der Waals surface area (Å²) < 4.78 is 1.72. The molecule has 0 radical (unpaired) electrons. The molecule has 1 fully saturated rings. The maximum absolute atomic E-state index is 12.4. The van der Waals surface area contributed by atoms with E-state index in [1.54, 1.807) is 53.4 Å². The molecule has 2 heterocycles. The number of halogens is 1. The van der Waals surface area contributed by atoms with Crippen molar-refractivity contribution in [1.82, 2.24) is 5.32 Å². The van der Waals surface area contributed by atoms with Crippen molar-refractivity contribution in [2.45, 2.75) is 12.0 Å². The Bertz CT molecular complexity index is 811. The van der Waals surface area contributed by atoms with Gasteiger partial charge in [0.2, 0.25) is 6.04 Å². The largest absolute Gasteiger partial charge is 0.296 e.